The fourth-order valence-corrected chi connectivity index (χ4v) is 2.53. The molecule has 1 aliphatic rings. The van der Waals surface area contributed by atoms with Crippen molar-refractivity contribution in [2.75, 3.05) is 19.6 Å². The van der Waals surface area contributed by atoms with Gasteiger partial charge in [-0.25, -0.2) is 0 Å². The highest BCUT2D eigenvalue weighted by atomic mass is 79.9. The molecule has 0 aliphatic carbocycles. The molecule has 1 fully saturated rings. The minimum atomic E-state index is 0.109. The Balaban J connectivity index is 2.11. The molecule has 5 nitrogen and oxygen atoms in total. The SMILES string of the molecule is Cc1nn(C)c(CN2CCCNC(=O)C2)c1Br. The largest absolute Gasteiger partial charge is 0.355 e. The number of rotatable bonds is 2. The highest BCUT2D eigenvalue weighted by Crippen LogP contribution is 2.21. The van der Waals surface area contributed by atoms with E-state index in [0.717, 1.165) is 41.9 Å². The minimum Gasteiger partial charge on any atom is -0.355 e. The zero-order chi connectivity index (χ0) is 12.4. The topological polar surface area (TPSA) is 50.2 Å². The maximum atomic E-state index is 11.5. The third kappa shape index (κ3) is 2.87. The van der Waals surface area contributed by atoms with Crippen molar-refractivity contribution in [3.8, 4) is 0 Å². The van der Waals surface area contributed by atoms with Crippen molar-refractivity contribution in [1.82, 2.24) is 20.0 Å². The molecular weight excluding hydrogens is 284 g/mol. The van der Waals surface area contributed by atoms with Crippen molar-refractivity contribution < 1.29 is 4.79 Å². The fraction of sp³-hybridized carbons (Fsp3) is 0.636. The van der Waals surface area contributed by atoms with Crippen LogP contribution < -0.4 is 5.32 Å². The third-order valence-corrected chi connectivity index (χ3v) is 4.01. The van der Waals surface area contributed by atoms with E-state index in [0.29, 0.717) is 6.54 Å². The van der Waals surface area contributed by atoms with Gasteiger partial charge in [0.25, 0.3) is 0 Å². The van der Waals surface area contributed by atoms with Crippen LogP contribution in [0.2, 0.25) is 0 Å². The van der Waals surface area contributed by atoms with Crippen LogP contribution in [0.25, 0.3) is 0 Å². The molecule has 1 aromatic rings. The Hall–Kier alpha value is -0.880. The fourth-order valence-electron chi connectivity index (χ4n) is 2.07. The molecule has 1 aliphatic heterocycles. The molecule has 1 amide bonds. The van der Waals surface area contributed by atoms with E-state index in [4.69, 9.17) is 0 Å². The van der Waals surface area contributed by atoms with Crippen LogP contribution in [0.4, 0.5) is 0 Å². The van der Waals surface area contributed by atoms with Gasteiger partial charge in [-0.1, -0.05) is 0 Å². The number of hydrogen-bond donors (Lipinski definition) is 1. The second-order valence-corrected chi connectivity index (χ2v) is 5.18. The summed E-state index contributed by atoms with van der Waals surface area (Å²) >= 11 is 3.55. The number of hydrogen-bond acceptors (Lipinski definition) is 3. The maximum absolute atomic E-state index is 11.5. The van der Waals surface area contributed by atoms with Gasteiger partial charge in [-0.2, -0.15) is 5.10 Å². The zero-order valence-corrected chi connectivity index (χ0v) is 11.7. The molecule has 1 N–H and O–H groups in total. The summed E-state index contributed by atoms with van der Waals surface area (Å²) in [6.07, 6.45) is 1.00. The lowest BCUT2D eigenvalue weighted by molar-refractivity contribution is -0.121. The Labute approximate surface area is 109 Å². The Bertz CT molecular complexity index is 429. The summed E-state index contributed by atoms with van der Waals surface area (Å²) in [5.74, 6) is 0.109. The van der Waals surface area contributed by atoms with Crippen LogP contribution in [0, 0.1) is 6.92 Å². The second-order valence-electron chi connectivity index (χ2n) is 4.38. The summed E-state index contributed by atoms with van der Waals surface area (Å²) < 4.78 is 2.92. The number of carbonyl (C=O) groups is 1. The molecule has 0 unspecified atom stereocenters. The molecule has 0 radical (unpaired) electrons. The van der Waals surface area contributed by atoms with Crippen LogP contribution >= 0.6 is 15.9 Å². The third-order valence-electron chi connectivity index (χ3n) is 2.98. The molecule has 1 saturated heterocycles. The lowest BCUT2D eigenvalue weighted by Gasteiger charge is -2.18. The van der Waals surface area contributed by atoms with Gasteiger partial charge in [0.15, 0.2) is 0 Å². The van der Waals surface area contributed by atoms with E-state index < -0.39 is 0 Å². The number of nitrogens with zero attached hydrogens (tertiary/aromatic N) is 3. The van der Waals surface area contributed by atoms with Gasteiger partial charge in [0.1, 0.15) is 0 Å². The predicted molar refractivity (Wildman–Crippen MR) is 68.5 cm³/mol. The average Bonchev–Trinajstić information content (AvgIpc) is 2.46. The summed E-state index contributed by atoms with van der Waals surface area (Å²) in [5, 5.41) is 7.24. The average molecular weight is 301 g/mol. The summed E-state index contributed by atoms with van der Waals surface area (Å²) in [7, 11) is 1.94. The molecule has 2 rings (SSSR count). The van der Waals surface area contributed by atoms with Crippen LogP contribution in [0.5, 0.6) is 0 Å². The van der Waals surface area contributed by atoms with Gasteiger partial charge in [-0.15, -0.1) is 0 Å². The number of carbonyl (C=O) groups excluding carboxylic acids is 1. The quantitative estimate of drug-likeness (QED) is 0.879. The molecule has 0 spiro atoms. The molecular formula is C11H17BrN4O. The lowest BCUT2D eigenvalue weighted by Crippen LogP contribution is -2.33. The van der Waals surface area contributed by atoms with E-state index in [1.54, 1.807) is 0 Å². The molecule has 2 heterocycles. The molecule has 17 heavy (non-hydrogen) atoms. The standard InChI is InChI=1S/C11H17BrN4O/c1-8-11(12)9(15(2)14-8)6-16-5-3-4-13-10(17)7-16/h3-7H2,1-2H3,(H,13,17). The number of halogens is 1. The summed E-state index contributed by atoms with van der Waals surface area (Å²) in [4.78, 5) is 13.6. The van der Waals surface area contributed by atoms with Crippen LogP contribution in [-0.2, 0) is 18.4 Å². The summed E-state index contributed by atoms with van der Waals surface area (Å²) in [6, 6.07) is 0. The van der Waals surface area contributed by atoms with E-state index in [1.165, 1.54) is 0 Å². The maximum Gasteiger partial charge on any atom is 0.234 e. The number of aryl methyl sites for hydroxylation is 2. The van der Waals surface area contributed by atoms with Gasteiger partial charge in [-0.3, -0.25) is 14.4 Å². The molecule has 94 valence electrons. The molecule has 0 saturated carbocycles. The smallest absolute Gasteiger partial charge is 0.234 e. The number of nitrogens with one attached hydrogen (secondary N) is 1. The van der Waals surface area contributed by atoms with Crippen LogP contribution in [0.15, 0.2) is 4.47 Å². The van der Waals surface area contributed by atoms with Crippen LogP contribution in [0.3, 0.4) is 0 Å². The first kappa shape index (κ1) is 12.6. The van der Waals surface area contributed by atoms with Gasteiger partial charge < -0.3 is 5.32 Å². The monoisotopic (exact) mass is 300 g/mol. The van der Waals surface area contributed by atoms with E-state index in [2.05, 4.69) is 31.2 Å². The highest BCUT2D eigenvalue weighted by molar-refractivity contribution is 9.10. The lowest BCUT2D eigenvalue weighted by atomic mass is 10.3. The second kappa shape index (κ2) is 5.18. The number of aromatic nitrogens is 2. The van der Waals surface area contributed by atoms with Crippen molar-refractivity contribution in [3.05, 3.63) is 15.9 Å². The Kier molecular flexibility index (Phi) is 3.83. The first-order valence-corrected chi connectivity index (χ1v) is 6.54. The Morgan fingerprint density at radius 3 is 2.94 bits per heavy atom. The normalized spacial score (nSPS) is 17.9. The molecule has 6 heteroatoms. The summed E-state index contributed by atoms with van der Waals surface area (Å²) in [5.41, 5.74) is 2.11. The van der Waals surface area contributed by atoms with E-state index >= 15 is 0 Å². The van der Waals surface area contributed by atoms with Gasteiger partial charge in [-0.05, 0) is 29.3 Å². The van der Waals surface area contributed by atoms with Crippen molar-refractivity contribution >= 4 is 21.8 Å². The van der Waals surface area contributed by atoms with Crippen molar-refractivity contribution in [1.29, 1.82) is 0 Å². The minimum absolute atomic E-state index is 0.109. The molecule has 1 aromatic heterocycles. The van der Waals surface area contributed by atoms with Gasteiger partial charge in [0.2, 0.25) is 5.91 Å². The Morgan fingerprint density at radius 2 is 2.29 bits per heavy atom. The van der Waals surface area contributed by atoms with Crippen LogP contribution in [-0.4, -0.2) is 40.2 Å². The molecule has 0 bridgehead atoms. The van der Waals surface area contributed by atoms with Gasteiger partial charge in [0.05, 0.1) is 22.4 Å². The van der Waals surface area contributed by atoms with Gasteiger partial charge in [0, 0.05) is 26.7 Å². The Morgan fingerprint density at radius 1 is 1.53 bits per heavy atom. The van der Waals surface area contributed by atoms with E-state index in [1.807, 2.05) is 18.7 Å². The first-order valence-electron chi connectivity index (χ1n) is 5.75. The first-order chi connectivity index (χ1) is 8.08. The van der Waals surface area contributed by atoms with Crippen LogP contribution in [0.1, 0.15) is 17.8 Å². The van der Waals surface area contributed by atoms with Gasteiger partial charge >= 0.3 is 0 Å². The summed E-state index contributed by atoms with van der Waals surface area (Å²) in [6.45, 7) is 4.92. The van der Waals surface area contributed by atoms with Crippen molar-refractivity contribution in [3.63, 3.8) is 0 Å². The van der Waals surface area contributed by atoms with Crippen molar-refractivity contribution in [2.24, 2.45) is 7.05 Å². The zero-order valence-electron chi connectivity index (χ0n) is 10.2. The van der Waals surface area contributed by atoms with E-state index in [9.17, 15) is 4.79 Å². The highest BCUT2D eigenvalue weighted by Gasteiger charge is 2.18. The van der Waals surface area contributed by atoms with Crippen molar-refractivity contribution in [2.45, 2.75) is 19.9 Å². The number of amides is 1. The molecule has 0 aromatic carbocycles. The predicted octanol–water partition coefficient (Wildman–Crippen LogP) is 0.813. The molecule has 0 atom stereocenters. The van der Waals surface area contributed by atoms with E-state index in [-0.39, 0.29) is 5.91 Å².